The van der Waals surface area contributed by atoms with Crippen molar-refractivity contribution in [3.05, 3.63) is 53.3 Å². The van der Waals surface area contributed by atoms with Gasteiger partial charge < -0.3 is 4.57 Å². The van der Waals surface area contributed by atoms with E-state index in [2.05, 4.69) is 34.6 Å². The van der Waals surface area contributed by atoms with E-state index >= 15 is 0 Å². The first-order valence-corrected chi connectivity index (χ1v) is 13.9. The number of hydrogen-bond donors (Lipinski definition) is 1. The first kappa shape index (κ1) is 22.5. The van der Waals surface area contributed by atoms with E-state index in [4.69, 9.17) is 15.1 Å². The third kappa shape index (κ3) is 4.68. The van der Waals surface area contributed by atoms with Gasteiger partial charge in [-0.3, -0.25) is 4.90 Å². The van der Waals surface area contributed by atoms with Crippen molar-refractivity contribution >= 4 is 42.6 Å². The summed E-state index contributed by atoms with van der Waals surface area (Å²) in [4.78, 5) is 12.3. The van der Waals surface area contributed by atoms with Gasteiger partial charge in [-0.1, -0.05) is 25.5 Å². The minimum Gasteiger partial charge on any atom is -0.327 e. The van der Waals surface area contributed by atoms with Crippen LogP contribution in [-0.2, 0) is 23.1 Å². The molecule has 0 spiro atoms. The largest absolute Gasteiger partial charge is 0.327 e. The van der Waals surface area contributed by atoms with Gasteiger partial charge in [-0.15, -0.1) is 11.3 Å². The third-order valence-corrected chi connectivity index (χ3v) is 8.50. The van der Waals surface area contributed by atoms with Gasteiger partial charge in [-0.2, -0.15) is 0 Å². The number of primary sulfonamides is 1. The highest BCUT2D eigenvalue weighted by molar-refractivity contribution is 7.89. The van der Waals surface area contributed by atoms with Gasteiger partial charge in [0, 0.05) is 19.0 Å². The van der Waals surface area contributed by atoms with Gasteiger partial charge in [0.2, 0.25) is 10.0 Å². The molecule has 1 aliphatic heterocycles. The lowest BCUT2D eigenvalue weighted by molar-refractivity contribution is 0.193. The third-order valence-electron chi connectivity index (χ3n) is 6.39. The normalized spacial score (nSPS) is 17.8. The second-order valence-electron chi connectivity index (χ2n) is 8.82. The molecule has 1 saturated heterocycles. The van der Waals surface area contributed by atoms with Crippen molar-refractivity contribution < 1.29 is 8.42 Å². The van der Waals surface area contributed by atoms with Gasteiger partial charge in [0.1, 0.15) is 5.82 Å². The summed E-state index contributed by atoms with van der Waals surface area (Å²) < 4.78 is 27.1. The predicted molar refractivity (Wildman–Crippen MR) is 133 cm³/mol. The van der Waals surface area contributed by atoms with Crippen LogP contribution in [-0.4, -0.2) is 40.9 Å². The Hall–Kier alpha value is -2.33. The Balaban J connectivity index is 1.42. The van der Waals surface area contributed by atoms with Crippen LogP contribution in [0.1, 0.15) is 49.4 Å². The molecule has 0 radical (unpaired) electrons. The van der Waals surface area contributed by atoms with E-state index < -0.39 is 10.0 Å². The lowest BCUT2D eigenvalue weighted by atomic mass is 9.99. The van der Waals surface area contributed by atoms with Crippen molar-refractivity contribution in [2.75, 3.05) is 13.1 Å². The van der Waals surface area contributed by atoms with Crippen LogP contribution in [0, 0.1) is 0 Å². The molecule has 1 atom stereocenters. The van der Waals surface area contributed by atoms with Crippen molar-refractivity contribution in [1.82, 2.24) is 19.4 Å². The summed E-state index contributed by atoms with van der Waals surface area (Å²) in [5, 5.41) is 6.57. The molecular formula is C24H29N5O2S2. The predicted octanol–water partition coefficient (Wildman–Crippen LogP) is 4.47. The Kier molecular flexibility index (Phi) is 6.22. The van der Waals surface area contributed by atoms with Gasteiger partial charge in [-0.25, -0.2) is 23.5 Å². The van der Waals surface area contributed by atoms with E-state index in [0.29, 0.717) is 11.4 Å². The molecular weight excluding hydrogens is 454 g/mol. The van der Waals surface area contributed by atoms with Crippen LogP contribution in [0.3, 0.4) is 0 Å². The number of hydrogen-bond acceptors (Lipinski definition) is 6. The fourth-order valence-corrected chi connectivity index (χ4v) is 6.32. The number of piperidine rings is 1. The average Bonchev–Trinajstić information content (AvgIpc) is 3.38. The molecule has 174 valence electrons. The molecule has 2 aromatic carbocycles. The van der Waals surface area contributed by atoms with Crippen LogP contribution in [0.15, 0.2) is 47.4 Å². The number of aryl methyl sites for hydroxylation is 1. The van der Waals surface area contributed by atoms with E-state index in [1.807, 2.05) is 12.1 Å². The number of imidazole rings is 1. The van der Waals surface area contributed by atoms with Crippen LogP contribution < -0.4 is 5.14 Å². The summed E-state index contributed by atoms with van der Waals surface area (Å²) in [6, 6.07) is 13.3. The van der Waals surface area contributed by atoms with Gasteiger partial charge in [-0.05, 0) is 56.1 Å². The quantitative estimate of drug-likeness (QED) is 0.418. The maximum Gasteiger partial charge on any atom is 0.238 e. The monoisotopic (exact) mass is 483 g/mol. The smallest absolute Gasteiger partial charge is 0.238 e. The number of likely N-dealkylation sites (tertiary alicyclic amines) is 1. The fraction of sp³-hybridized carbons (Fsp3) is 0.417. The number of rotatable bonds is 7. The van der Waals surface area contributed by atoms with Crippen molar-refractivity contribution in [2.24, 2.45) is 5.14 Å². The SMILES string of the molecule is CCCCn1c(CN2CCCC(c3nc4ccccc4s3)C2)nc2cc(S(N)(=O)=O)ccc21. The molecule has 9 heteroatoms. The van der Waals surface area contributed by atoms with Crippen LogP contribution in [0.4, 0.5) is 0 Å². The Morgan fingerprint density at radius 1 is 1.15 bits per heavy atom. The first-order valence-electron chi connectivity index (χ1n) is 11.5. The van der Waals surface area contributed by atoms with Crippen molar-refractivity contribution in [2.45, 2.75) is 56.5 Å². The topological polar surface area (TPSA) is 94.1 Å². The molecule has 4 aromatic rings. The summed E-state index contributed by atoms with van der Waals surface area (Å²) in [5.74, 6) is 1.41. The van der Waals surface area contributed by atoms with Gasteiger partial charge in [0.25, 0.3) is 0 Å². The summed E-state index contributed by atoms with van der Waals surface area (Å²) in [6.07, 6.45) is 4.41. The van der Waals surface area contributed by atoms with E-state index in [1.165, 1.54) is 9.71 Å². The molecule has 2 N–H and O–H groups in total. The maximum atomic E-state index is 11.8. The Bertz CT molecular complexity index is 1360. The minimum absolute atomic E-state index is 0.107. The van der Waals surface area contributed by atoms with Crippen molar-refractivity contribution in [3.8, 4) is 0 Å². The van der Waals surface area contributed by atoms with Crippen molar-refractivity contribution in [3.63, 3.8) is 0 Å². The Labute approximate surface area is 198 Å². The zero-order valence-electron chi connectivity index (χ0n) is 18.8. The lowest BCUT2D eigenvalue weighted by Gasteiger charge is -2.31. The molecule has 1 fully saturated rings. The first-order chi connectivity index (χ1) is 15.9. The standard InChI is InChI=1S/C24H29N5O2S2/c1-2-3-13-29-21-11-10-18(33(25,30)31)14-20(21)26-23(29)16-28-12-6-7-17(15-28)24-27-19-8-4-5-9-22(19)32-24/h4-5,8-11,14,17H,2-3,6-7,12-13,15-16H2,1H3,(H2,25,30,31). The number of benzene rings is 2. The van der Waals surface area contributed by atoms with E-state index in [1.54, 1.807) is 23.5 Å². The number of fused-ring (bicyclic) bond motifs is 2. The minimum atomic E-state index is -3.76. The zero-order valence-corrected chi connectivity index (χ0v) is 20.4. The van der Waals surface area contributed by atoms with E-state index in [-0.39, 0.29) is 4.90 Å². The Morgan fingerprint density at radius 3 is 2.79 bits per heavy atom. The van der Waals surface area contributed by atoms with Crippen LogP contribution in [0.5, 0.6) is 0 Å². The highest BCUT2D eigenvalue weighted by Crippen LogP contribution is 2.33. The summed E-state index contributed by atoms with van der Waals surface area (Å²) in [7, 11) is -3.76. The number of para-hydroxylation sites is 1. The molecule has 0 aliphatic carbocycles. The number of sulfonamides is 1. The highest BCUT2D eigenvalue weighted by atomic mass is 32.2. The highest BCUT2D eigenvalue weighted by Gasteiger charge is 2.26. The fourth-order valence-electron chi connectivity index (χ4n) is 4.69. The number of nitrogens with zero attached hydrogens (tertiary/aromatic N) is 4. The van der Waals surface area contributed by atoms with Gasteiger partial charge in [0.05, 0.1) is 37.7 Å². The lowest BCUT2D eigenvalue weighted by Crippen LogP contribution is -2.34. The zero-order chi connectivity index (χ0) is 23.0. The molecule has 0 amide bonds. The summed E-state index contributed by atoms with van der Waals surface area (Å²) in [5.41, 5.74) is 2.74. The maximum absolute atomic E-state index is 11.8. The van der Waals surface area contributed by atoms with E-state index in [0.717, 1.165) is 68.7 Å². The number of thiazole rings is 1. The molecule has 7 nitrogen and oxygen atoms in total. The molecule has 3 heterocycles. The molecule has 0 saturated carbocycles. The van der Waals surface area contributed by atoms with Crippen LogP contribution in [0.2, 0.25) is 0 Å². The van der Waals surface area contributed by atoms with Gasteiger partial charge >= 0.3 is 0 Å². The molecule has 1 unspecified atom stereocenters. The number of aromatic nitrogens is 3. The van der Waals surface area contributed by atoms with Crippen LogP contribution >= 0.6 is 11.3 Å². The van der Waals surface area contributed by atoms with Crippen molar-refractivity contribution in [1.29, 1.82) is 0 Å². The van der Waals surface area contributed by atoms with Crippen LogP contribution in [0.25, 0.3) is 21.3 Å². The summed E-state index contributed by atoms with van der Waals surface area (Å²) in [6.45, 7) is 5.77. The second-order valence-corrected chi connectivity index (χ2v) is 11.4. The molecule has 0 bridgehead atoms. The molecule has 2 aromatic heterocycles. The Morgan fingerprint density at radius 2 is 2.00 bits per heavy atom. The summed E-state index contributed by atoms with van der Waals surface area (Å²) >= 11 is 1.81. The molecule has 1 aliphatic rings. The van der Waals surface area contributed by atoms with Gasteiger partial charge in [0.15, 0.2) is 0 Å². The number of unbranched alkanes of at least 4 members (excludes halogenated alkanes) is 1. The van der Waals surface area contributed by atoms with E-state index in [9.17, 15) is 8.42 Å². The second kappa shape index (κ2) is 9.13. The molecule has 33 heavy (non-hydrogen) atoms. The molecule has 5 rings (SSSR count). The average molecular weight is 484 g/mol. The number of nitrogens with two attached hydrogens (primary N) is 1.